The number of anilines is 1. The number of nitrogens with zero attached hydrogens (tertiary/aromatic N) is 2. The third kappa shape index (κ3) is 2.20. The Kier molecular flexibility index (Phi) is 3.28. The SMILES string of the molecule is CCc1cc2c(N)nc(-c3ccc(OC)cc3)nc2s1. The first-order valence-corrected chi connectivity index (χ1v) is 7.23. The third-order valence-electron chi connectivity index (χ3n) is 3.17. The van der Waals surface area contributed by atoms with Gasteiger partial charge in [-0.25, -0.2) is 9.97 Å². The molecule has 0 unspecified atom stereocenters. The molecule has 20 heavy (non-hydrogen) atoms. The molecule has 2 aromatic heterocycles. The van der Waals surface area contributed by atoms with E-state index >= 15 is 0 Å². The highest BCUT2D eigenvalue weighted by Gasteiger charge is 2.10. The maximum atomic E-state index is 6.05. The van der Waals surface area contributed by atoms with Gasteiger partial charge in [-0.3, -0.25) is 0 Å². The van der Waals surface area contributed by atoms with Crippen LogP contribution in [0.5, 0.6) is 5.75 Å². The number of methoxy groups -OCH3 is 1. The lowest BCUT2D eigenvalue weighted by atomic mass is 10.2. The van der Waals surface area contributed by atoms with Crippen molar-refractivity contribution in [2.75, 3.05) is 12.8 Å². The van der Waals surface area contributed by atoms with Crippen LogP contribution in [0.4, 0.5) is 5.82 Å². The van der Waals surface area contributed by atoms with Crippen molar-refractivity contribution in [1.29, 1.82) is 0 Å². The van der Waals surface area contributed by atoms with Crippen molar-refractivity contribution < 1.29 is 4.74 Å². The summed E-state index contributed by atoms with van der Waals surface area (Å²) in [6, 6.07) is 9.74. The maximum absolute atomic E-state index is 6.05. The molecule has 0 radical (unpaired) electrons. The highest BCUT2D eigenvalue weighted by atomic mass is 32.1. The van der Waals surface area contributed by atoms with E-state index in [1.54, 1.807) is 18.4 Å². The first-order chi connectivity index (χ1) is 9.71. The number of hydrogen-bond donors (Lipinski definition) is 1. The predicted molar refractivity (Wildman–Crippen MR) is 83.2 cm³/mol. The Bertz CT molecular complexity index is 750. The lowest BCUT2D eigenvalue weighted by Gasteiger charge is -2.04. The second-order valence-corrected chi connectivity index (χ2v) is 5.56. The third-order valence-corrected chi connectivity index (χ3v) is 4.34. The minimum Gasteiger partial charge on any atom is -0.497 e. The van der Waals surface area contributed by atoms with E-state index in [9.17, 15) is 0 Å². The summed E-state index contributed by atoms with van der Waals surface area (Å²) in [7, 11) is 1.65. The van der Waals surface area contributed by atoms with E-state index in [0.717, 1.165) is 28.0 Å². The highest BCUT2D eigenvalue weighted by Crippen LogP contribution is 2.30. The van der Waals surface area contributed by atoms with E-state index in [2.05, 4.69) is 23.0 Å². The summed E-state index contributed by atoms with van der Waals surface area (Å²) >= 11 is 1.67. The van der Waals surface area contributed by atoms with Gasteiger partial charge in [-0.1, -0.05) is 6.92 Å². The van der Waals surface area contributed by atoms with Gasteiger partial charge in [-0.15, -0.1) is 11.3 Å². The first kappa shape index (κ1) is 12.9. The Hall–Kier alpha value is -2.14. The predicted octanol–water partition coefficient (Wildman–Crippen LogP) is 3.51. The normalized spacial score (nSPS) is 10.9. The van der Waals surface area contributed by atoms with Gasteiger partial charge in [-0.2, -0.15) is 0 Å². The van der Waals surface area contributed by atoms with Crippen LogP contribution in [0.25, 0.3) is 21.6 Å². The fourth-order valence-electron chi connectivity index (χ4n) is 2.04. The number of rotatable bonds is 3. The number of aromatic nitrogens is 2. The van der Waals surface area contributed by atoms with Gasteiger partial charge in [0.15, 0.2) is 5.82 Å². The van der Waals surface area contributed by atoms with E-state index in [4.69, 9.17) is 10.5 Å². The highest BCUT2D eigenvalue weighted by molar-refractivity contribution is 7.18. The molecule has 2 heterocycles. The molecule has 0 bridgehead atoms. The van der Waals surface area contributed by atoms with Crippen LogP contribution in [0.2, 0.25) is 0 Å². The van der Waals surface area contributed by atoms with Crippen LogP contribution in [-0.2, 0) is 6.42 Å². The summed E-state index contributed by atoms with van der Waals surface area (Å²) in [6.07, 6.45) is 0.984. The molecule has 0 atom stereocenters. The first-order valence-electron chi connectivity index (χ1n) is 6.41. The Morgan fingerprint density at radius 1 is 1.20 bits per heavy atom. The molecule has 4 nitrogen and oxygen atoms in total. The molecule has 2 N–H and O–H groups in total. The van der Waals surface area contributed by atoms with Crippen LogP contribution in [0.1, 0.15) is 11.8 Å². The van der Waals surface area contributed by atoms with Gasteiger partial charge in [0.25, 0.3) is 0 Å². The molecule has 3 aromatic rings. The average Bonchev–Trinajstić information content (AvgIpc) is 2.91. The molecule has 0 aliphatic carbocycles. The maximum Gasteiger partial charge on any atom is 0.163 e. The molecular weight excluding hydrogens is 270 g/mol. The average molecular weight is 285 g/mol. The second-order valence-electron chi connectivity index (χ2n) is 4.45. The Morgan fingerprint density at radius 3 is 2.60 bits per heavy atom. The topological polar surface area (TPSA) is 61.0 Å². The largest absolute Gasteiger partial charge is 0.497 e. The molecule has 1 aromatic carbocycles. The molecule has 102 valence electrons. The van der Waals surface area contributed by atoms with Gasteiger partial charge in [0.2, 0.25) is 0 Å². The van der Waals surface area contributed by atoms with Gasteiger partial charge in [0.1, 0.15) is 16.4 Å². The molecule has 0 aliphatic heterocycles. The lowest BCUT2D eigenvalue weighted by Crippen LogP contribution is -1.96. The summed E-state index contributed by atoms with van der Waals surface area (Å²) in [6.45, 7) is 2.12. The van der Waals surface area contributed by atoms with Gasteiger partial charge < -0.3 is 10.5 Å². The number of benzene rings is 1. The second kappa shape index (κ2) is 5.09. The zero-order valence-electron chi connectivity index (χ0n) is 11.4. The number of nitrogens with two attached hydrogens (primary N) is 1. The van der Waals surface area contributed by atoms with Gasteiger partial charge >= 0.3 is 0 Å². The number of ether oxygens (including phenoxy) is 1. The van der Waals surface area contributed by atoms with Crippen molar-refractivity contribution in [3.63, 3.8) is 0 Å². The van der Waals surface area contributed by atoms with Crippen LogP contribution in [0.15, 0.2) is 30.3 Å². The van der Waals surface area contributed by atoms with Crippen LogP contribution < -0.4 is 10.5 Å². The van der Waals surface area contributed by atoms with Crippen LogP contribution >= 0.6 is 11.3 Å². The molecule has 3 rings (SSSR count). The van der Waals surface area contributed by atoms with Crippen molar-refractivity contribution in [2.24, 2.45) is 0 Å². The summed E-state index contributed by atoms with van der Waals surface area (Å²) in [4.78, 5) is 11.2. The minimum absolute atomic E-state index is 0.539. The molecule has 0 saturated heterocycles. The molecule has 5 heteroatoms. The van der Waals surface area contributed by atoms with E-state index in [1.807, 2.05) is 24.3 Å². The van der Waals surface area contributed by atoms with E-state index in [1.165, 1.54) is 4.88 Å². The Labute approximate surface area is 121 Å². The van der Waals surface area contributed by atoms with Crippen molar-refractivity contribution in [2.45, 2.75) is 13.3 Å². The number of aryl methyl sites for hydroxylation is 1. The number of thiophene rings is 1. The minimum atomic E-state index is 0.539. The molecule has 0 amide bonds. The zero-order chi connectivity index (χ0) is 14.1. The lowest BCUT2D eigenvalue weighted by molar-refractivity contribution is 0.415. The van der Waals surface area contributed by atoms with Gasteiger partial charge in [0.05, 0.1) is 12.5 Å². The quantitative estimate of drug-likeness (QED) is 0.800. The fraction of sp³-hybridized carbons (Fsp3) is 0.200. The zero-order valence-corrected chi connectivity index (χ0v) is 12.2. The fourth-order valence-corrected chi connectivity index (χ4v) is 3.01. The molecule has 0 aliphatic rings. The van der Waals surface area contributed by atoms with E-state index < -0.39 is 0 Å². The van der Waals surface area contributed by atoms with Crippen molar-refractivity contribution in [3.05, 3.63) is 35.2 Å². The molecular formula is C15H15N3OS. The van der Waals surface area contributed by atoms with Gasteiger partial charge in [-0.05, 0) is 36.8 Å². The summed E-state index contributed by atoms with van der Waals surface area (Å²) in [5, 5.41) is 0.948. The monoisotopic (exact) mass is 285 g/mol. The molecule has 0 spiro atoms. The van der Waals surface area contributed by atoms with Gasteiger partial charge in [0, 0.05) is 10.4 Å². The summed E-state index contributed by atoms with van der Waals surface area (Å²) in [5.41, 5.74) is 6.99. The van der Waals surface area contributed by atoms with E-state index in [-0.39, 0.29) is 0 Å². The van der Waals surface area contributed by atoms with Crippen molar-refractivity contribution >= 4 is 27.4 Å². The number of fused-ring (bicyclic) bond motifs is 1. The van der Waals surface area contributed by atoms with E-state index in [0.29, 0.717) is 11.6 Å². The molecule has 0 saturated carbocycles. The van der Waals surface area contributed by atoms with Crippen LogP contribution in [0, 0.1) is 0 Å². The summed E-state index contributed by atoms with van der Waals surface area (Å²) in [5.74, 6) is 2.01. The number of hydrogen-bond acceptors (Lipinski definition) is 5. The Morgan fingerprint density at radius 2 is 1.95 bits per heavy atom. The van der Waals surface area contributed by atoms with Crippen molar-refractivity contribution in [1.82, 2.24) is 9.97 Å². The van der Waals surface area contributed by atoms with Crippen LogP contribution in [-0.4, -0.2) is 17.1 Å². The van der Waals surface area contributed by atoms with Crippen LogP contribution in [0.3, 0.4) is 0 Å². The summed E-state index contributed by atoms with van der Waals surface area (Å²) < 4.78 is 5.15. The smallest absolute Gasteiger partial charge is 0.163 e. The van der Waals surface area contributed by atoms with Crippen molar-refractivity contribution in [3.8, 4) is 17.1 Å². The number of nitrogen functional groups attached to an aromatic ring is 1. The Balaban J connectivity index is 2.10. The molecule has 0 fully saturated rings. The standard InChI is InChI=1S/C15H15N3OS/c1-3-11-8-12-13(16)17-14(18-15(12)20-11)9-4-6-10(19-2)7-5-9/h4-8H,3H2,1-2H3,(H2,16,17,18).